The number of carbonyl (C=O) groups is 1. The van der Waals surface area contributed by atoms with Crippen molar-refractivity contribution in [2.24, 2.45) is 0 Å². The fourth-order valence-electron chi connectivity index (χ4n) is 2.56. The first kappa shape index (κ1) is 17.6. The summed E-state index contributed by atoms with van der Waals surface area (Å²) >= 11 is 0. The largest absolute Gasteiger partial charge is 0.497 e. The summed E-state index contributed by atoms with van der Waals surface area (Å²) in [4.78, 5) is 12.1. The van der Waals surface area contributed by atoms with Crippen molar-refractivity contribution in [2.75, 3.05) is 19.5 Å². The maximum absolute atomic E-state index is 12.1. The Morgan fingerprint density at radius 1 is 0.885 bits per heavy atom. The molecule has 2 aromatic carbocycles. The lowest BCUT2D eigenvalue weighted by molar-refractivity contribution is -0.116. The number of hydrogen-bond acceptors (Lipinski definition) is 4. The highest BCUT2D eigenvalue weighted by Gasteiger charge is 2.08. The van der Waals surface area contributed by atoms with Gasteiger partial charge in [-0.2, -0.15) is 0 Å². The summed E-state index contributed by atoms with van der Waals surface area (Å²) in [7, 11) is 3.24. The lowest BCUT2D eigenvalue weighted by atomic mass is 10.2. The number of benzene rings is 2. The maximum Gasteiger partial charge on any atom is 0.224 e. The number of carbonyl (C=O) groups excluding carboxylic acids is 1. The summed E-state index contributed by atoms with van der Waals surface area (Å²) in [5, 5.41) is 2.86. The third-order valence-corrected chi connectivity index (χ3v) is 4.01. The van der Waals surface area contributed by atoms with Crippen molar-refractivity contribution < 1.29 is 18.7 Å². The maximum atomic E-state index is 12.1. The Labute approximate surface area is 152 Å². The summed E-state index contributed by atoms with van der Waals surface area (Å²) < 4.78 is 16.1. The monoisotopic (exact) mass is 351 g/mol. The Balaban J connectivity index is 1.54. The molecule has 1 amide bonds. The quantitative estimate of drug-likeness (QED) is 0.679. The Hall–Kier alpha value is -3.21. The van der Waals surface area contributed by atoms with E-state index in [2.05, 4.69) is 5.32 Å². The van der Waals surface area contributed by atoms with Gasteiger partial charge >= 0.3 is 0 Å². The molecule has 3 aromatic rings. The summed E-state index contributed by atoms with van der Waals surface area (Å²) in [6.07, 6.45) is 0.889. The molecule has 0 unspecified atom stereocenters. The number of nitrogens with one attached hydrogen (secondary N) is 1. The van der Waals surface area contributed by atoms with Crippen LogP contribution in [0, 0.1) is 0 Å². The summed E-state index contributed by atoms with van der Waals surface area (Å²) in [5.41, 5.74) is 1.72. The third-order valence-electron chi connectivity index (χ3n) is 4.01. The Bertz CT molecular complexity index is 850. The van der Waals surface area contributed by atoms with E-state index < -0.39 is 0 Å². The molecule has 0 radical (unpaired) electrons. The highest BCUT2D eigenvalue weighted by atomic mass is 16.5. The molecule has 0 spiro atoms. The zero-order valence-electron chi connectivity index (χ0n) is 14.8. The number of amides is 1. The third kappa shape index (κ3) is 4.45. The predicted molar refractivity (Wildman–Crippen MR) is 101 cm³/mol. The molecule has 3 rings (SSSR count). The number of ether oxygens (including phenoxy) is 2. The molecule has 1 heterocycles. The van der Waals surface area contributed by atoms with Crippen LogP contribution in [0.3, 0.4) is 0 Å². The van der Waals surface area contributed by atoms with Crippen molar-refractivity contribution in [3.8, 4) is 22.8 Å². The average Bonchev–Trinajstić information content (AvgIpc) is 3.16. The molecule has 0 fully saturated rings. The molecule has 134 valence electrons. The first-order chi connectivity index (χ1) is 12.7. The summed E-state index contributed by atoms with van der Waals surface area (Å²) in [6, 6.07) is 18.7. The van der Waals surface area contributed by atoms with E-state index in [0.29, 0.717) is 12.8 Å². The van der Waals surface area contributed by atoms with Crippen molar-refractivity contribution in [1.82, 2.24) is 0 Å². The predicted octanol–water partition coefficient (Wildman–Crippen LogP) is 4.54. The molecule has 0 atom stereocenters. The van der Waals surface area contributed by atoms with Crippen molar-refractivity contribution >= 4 is 11.6 Å². The van der Waals surface area contributed by atoms with E-state index in [1.807, 2.05) is 60.7 Å². The average molecular weight is 351 g/mol. The Morgan fingerprint density at radius 3 is 2.12 bits per heavy atom. The Kier molecular flexibility index (Phi) is 5.59. The smallest absolute Gasteiger partial charge is 0.224 e. The molecule has 0 aliphatic carbocycles. The molecular weight excluding hydrogens is 330 g/mol. The van der Waals surface area contributed by atoms with Crippen LogP contribution in [-0.2, 0) is 11.2 Å². The van der Waals surface area contributed by atoms with Crippen LogP contribution in [0.2, 0.25) is 0 Å². The molecule has 1 N–H and O–H groups in total. The fourth-order valence-corrected chi connectivity index (χ4v) is 2.56. The lowest BCUT2D eigenvalue weighted by Crippen LogP contribution is -2.12. The highest BCUT2D eigenvalue weighted by Crippen LogP contribution is 2.25. The van der Waals surface area contributed by atoms with E-state index >= 15 is 0 Å². The van der Waals surface area contributed by atoms with Crippen molar-refractivity contribution in [2.45, 2.75) is 12.8 Å². The van der Waals surface area contributed by atoms with Gasteiger partial charge in [0.25, 0.3) is 0 Å². The molecule has 0 saturated heterocycles. The summed E-state index contributed by atoms with van der Waals surface area (Å²) in [5.74, 6) is 3.05. The Morgan fingerprint density at radius 2 is 1.50 bits per heavy atom. The van der Waals surface area contributed by atoms with E-state index in [4.69, 9.17) is 13.9 Å². The second kappa shape index (κ2) is 8.25. The molecule has 1 aromatic heterocycles. The van der Waals surface area contributed by atoms with Gasteiger partial charge in [-0.05, 0) is 60.7 Å². The van der Waals surface area contributed by atoms with E-state index in [9.17, 15) is 4.79 Å². The van der Waals surface area contributed by atoms with Crippen molar-refractivity contribution in [1.29, 1.82) is 0 Å². The highest BCUT2D eigenvalue weighted by molar-refractivity contribution is 5.90. The molecule has 0 saturated carbocycles. The zero-order valence-corrected chi connectivity index (χ0v) is 14.8. The van der Waals surface area contributed by atoms with Gasteiger partial charge in [0.2, 0.25) is 5.91 Å². The van der Waals surface area contributed by atoms with Crippen LogP contribution in [0.1, 0.15) is 12.2 Å². The number of hydrogen-bond donors (Lipinski definition) is 1. The van der Waals surface area contributed by atoms with Gasteiger partial charge in [-0.1, -0.05) is 0 Å². The molecule has 26 heavy (non-hydrogen) atoms. The molecule has 0 aliphatic heterocycles. The van der Waals surface area contributed by atoms with Gasteiger partial charge in [-0.15, -0.1) is 0 Å². The SMILES string of the molecule is COc1ccc(NC(=O)CCc2ccc(-c3ccc(OC)cc3)o2)cc1. The van der Waals surface area contributed by atoms with Crippen LogP contribution >= 0.6 is 0 Å². The van der Waals surface area contributed by atoms with E-state index in [-0.39, 0.29) is 5.91 Å². The van der Waals surface area contributed by atoms with Crippen LogP contribution < -0.4 is 14.8 Å². The molecule has 0 aliphatic rings. The minimum absolute atomic E-state index is 0.0578. The number of furan rings is 1. The second-order valence-electron chi connectivity index (χ2n) is 5.77. The summed E-state index contributed by atoms with van der Waals surface area (Å²) in [6.45, 7) is 0. The van der Waals surface area contributed by atoms with Gasteiger partial charge in [-0.25, -0.2) is 0 Å². The van der Waals surface area contributed by atoms with Gasteiger partial charge in [0.15, 0.2) is 0 Å². The first-order valence-electron chi connectivity index (χ1n) is 8.35. The minimum Gasteiger partial charge on any atom is -0.497 e. The van der Waals surface area contributed by atoms with Crippen molar-refractivity contribution in [3.05, 3.63) is 66.4 Å². The number of methoxy groups -OCH3 is 2. The van der Waals surface area contributed by atoms with Crippen LogP contribution in [0.25, 0.3) is 11.3 Å². The van der Waals surface area contributed by atoms with Gasteiger partial charge in [0.05, 0.1) is 14.2 Å². The van der Waals surface area contributed by atoms with Gasteiger partial charge in [0, 0.05) is 24.1 Å². The minimum atomic E-state index is -0.0578. The van der Waals surface area contributed by atoms with Crippen LogP contribution in [0.5, 0.6) is 11.5 Å². The molecule has 5 nitrogen and oxygen atoms in total. The normalized spacial score (nSPS) is 10.4. The molecular formula is C21H21NO4. The topological polar surface area (TPSA) is 60.7 Å². The molecule has 0 bridgehead atoms. The number of rotatable bonds is 7. The number of aryl methyl sites for hydroxylation is 1. The fraction of sp³-hybridized carbons (Fsp3) is 0.190. The van der Waals surface area contributed by atoms with E-state index in [0.717, 1.165) is 34.3 Å². The zero-order chi connectivity index (χ0) is 18.4. The first-order valence-corrected chi connectivity index (χ1v) is 8.35. The van der Waals surface area contributed by atoms with E-state index in [1.165, 1.54) is 0 Å². The molecule has 5 heteroatoms. The van der Waals surface area contributed by atoms with Gasteiger partial charge in [-0.3, -0.25) is 4.79 Å². The van der Waals surface area contributed by atoms with Gasteiger partial charge in [0.1, 0.15) is 23.0 Å². The number of anilines is 1. The van der Waals surface area contributed by atoms with Crippen LogP contribution in [-0.4, -0.2) is 20.1 Å². The van der Waals surface area contributed by atoms with Gasteiger partial charge < -0.3 is 19.2 Å². The van der Waals surface area contributed by atoms with E-state index in [1.54, 1.807) is 14.2 Å². The van der Waals surface area contributed by atoms with Crippen LogP contribution in [0.15, 0.2) is 65.1 Å². The standard InChI is InChI=1S/C21H21NO4/c1-24-17-7-3-15(4-8-17)20-13-11-19(26-20)12-14-21(23)22-16-5-9-18(25-2)10-6-16/h3-11,13H,12,14H2,1-2H3,(H,22,23). The van der Waals surface area contributed by atoms with Crippen molar-refractivity contribution in [3.63, 3.8) is 0 Å². The van der Waals surface area contributed by atoms with Crippen LogP contribution in [0.4, 0.5) is 5.69 Å². The lowest BCUT2D eigenvalue weighted by Gasteiger charge is -2.05. The second-order valence-corrected chi connectivity index (χ2v) is 5.77.